The van der Waals surface area contributed by atoms with Crippen molar-refractivity contribution in [1.29, 1.82) is 0 Å². The third-order valence-corrected chi connectivity index (χ3v) is 2.85. The summed E-state index contributed by atoms with van der Waals surface area (Å²) < 4.78 is 5.37. The Kier molecular flexibility index (Phi) is 2.41. The fourth-order valence-corrected chi connectivity index (χ4v) is 1.54. The first-order valence-corrected chi connectivity index (χ1v) is 4.97. The minimum absolute atomic E-state index is 0.304. The molecule has 1 aliphatic rings. The van der Waals surface area contributed by atoms with E-state index in [-0.39, 0.29) is 0 Å². The van der Waals surface area contributed by atoms with Gasteiger partial charge >= 0.3 is 6.01 Å². The van der Waals surface area contributed by atoms with Gasteiger partial charge in [-0.2, -0.15) is 0 Å². The Balaban J connectivity index is 2.05. The van der Waals surface area contributed by atoms with Gasteiger partial charge in [-0.25, -0.2) is 0 Å². The highest BCUT2D eigenvalue weighted by Gasteiger charge is 2.32. The maximum absolute atomic E-state index is 5.40. The lowest BCUT2D eigenvalue weighted by atomic mass is 10.2. The molecule has 1 aromatic heterocycles. The summed E-state index contributed by atoms with van der Waals surface area (Å²) >= 11 is 0. The minimum Gasteiger partial charge on any atom is -0.407 e. The smallest absolute Gasteiger partial charge is 0.318 e. The first kappa shape index (κ1) is 9.45. The number of rotatable bonds is 4. The molecular formula is C9H16N4O. The summed E-state index contributed by atoms with van der Waals surface area (Å²) in [6.07, 6.45) is 2.62. The summed E-state index contributed by atoms with van der Waals surface area (Å²) in [5.41, 5.74) is 5.40. The Morgan fingerprint density at radius 3 is 2.79 bits per heavy atom. The lowest BCUT2D eigenvalue weighted by Gasteiger charge is -2.21. The number of nitrogens with two attached hydrogens (primary N) is 1. The maximum atomic E-state index is 5.40. The van der Waals surface area contributed by atoms with Crippen LogP contribution in [-0.4, -0.2) is 23.3 Å². The summed E-state index contributed by atoms with van der Waals surface area (Å²) in [6.45, 7) is 2.49. The van der Waals surface area contributed by atoms with Crippen molar-refractivity contribution in [2.45, 2.75) is 32.4 Å². The molecule has 2 rings (SSSR count). The normalized spacial score (nSPS) is 18.2. The Labute approximate surface area is 83.3 Å². The molecule has 0 spiro atoms. The van der Waals surface area contributed by atoms with Gasteiger partial charge in [-0.1, -0.05) is 5.10 Å². The molecule has 0 aliphatic heterocycles. The molecule has 14 heavy (non-hydrogen) atoms. The van der Waals surface area contributed by atoms with E-state index in [0.717, 1.165) is 5.92 Å². The molecule has 2 N–H and O–H groups in total. The van der Waals surface area contributed by atoms with Gasteiger partial charge in [0.05, 0.1) is 6.54 Å². The second-order valence-corrected chi connectivity index (χ2v) is 3.87. The standard InChI is InChI=1S/C9H16N4O/c1-6(7-3-4-7)13(2)9-12-11-8(5-10)14-9/h6-7H,3-5,10H2,1-2H3. The van der Waals surface area contributed by atoms with Crippen LogP contribution in [0, 0.1) is 5.92 Å². The molecule has 0 radical (unpaired) electrons. The molecule has 0 aromatic carbocycles. The van der Waals surface area contributed by atoms with E-state index in [1.165, 1.54) is 12.8 Å². The highest BCUT2D eigenvalue weighted by atomic mass is 16.4. The SMILES string of the molecule is CC(C1CC1)N(C)c1nnc(CN)o1. The Morgan fingerprint density at radius 1 is 1.57 bits per heavy atom. The van der Waals surface area contributed by atoms with Crippen LogP contribution in [0.5, 0.6) is 0 Å². The summed E-state index contributed by atoms with van der Waals surface area (Å²) in [4.78, 5) is 2.03. The molecule has 1 fully saturated rings. The lowest BCUT2D eigenvalue weighted by Crippen LogP contribution is -2.30. The van der Waals surface area contributed by atoms with E-state index in [9.17, 15) is 0 Å². The van der Waals surface area contributed by atoms with Gasteiger partial charge in [-0.3, -0.25) is 0 Å². The van der Waals surface area contributed by atoms with Crippen molar-refractivity contribution in [3.05, 3.63) is 5.89 Å². The molecule has 5 nitrogen and oxygen atoms in total. The van der Waals surface area contributed by atoms with Crippen LogP contribution in [0.2, 0.25) is 0 Å². The number of aromatic nitrogens is 2. The van der Waals surface area contributed by atoms with E-state index >= 15 is 0 Å². The zero-order valence-corrected chi connectivity index (χ0v) is 8.60. The zero-order valence-electron chi connectivity index (χ0n) is 8.60. The van der Waals surface area contributed by atoms with Crippen molar-refractivity contribution in [3.8, 4) is 0 Å². The van der Waals surface area contributed by atoms with Crippen molar-refractivity contribution in [1.82, 2.24) is 10.2 Å². The zero-order chi connectivity index (χ0) is 10.1. The number of hydrogen-bond acceptors (Lipinski definition) is 5. The predicted molar refractivity (Wildman–Crippen MR) is 52.8 cm³/mol. The molecule has 0 amide bonds. The van der Waals surface area contributed by atoms with E-state index < -0.39 is 0 Å². The molecule has 1 saturated carbocycles. The van der Waals surface area contributed by atoms with Gasteiger partial charge in [0.15, 0.2) is 0 Å². The quantitative estimate of drug-likeness (QED) is 0.770. The van der Waals surface area contributed by atoms with Crippen LogP contribution in [0.4, 0.5) is 6.01 Å². The Bertz CT molecular complexity index is 308. The molecule has 1 aromatic rings. The Hall–Kier alpha value is -1.10. The first-order valence-electron chi connectivity index (χ1n) is 4.97. The van der Waals surface area contributed by atoms with Crippen molar-refractivity contribution >= 4 is 6.01 Å². The number of nitrogens with zero attached hydrogens (tertiary/aromatic N) is 3. The molecular weight excluding hydrogens is 180 g/mol. The lowest BCUT2D eigenvalue weighted by molar-refractivity contribution is 0.468. The second-order valence-electron chi connectivity index (χ2n) is 3.87. The minimum atomic E-state index is 0.304. The van der Waals surface area contributed by atoms with Gasteiger partial charge in [0.1, 0.15) is 0 Å². The van der Waals surface area contributed by atoms with E-state index in [4.69, 9.17) is 10.2 Å². The second kappa shape index (κ2) is 3.57. The van der Waals surface area contributed by atoms with Gasteiger partial charge < -0.3 is 15.1 Å². The third kappa shape index (κ3) is 1.72. The average molecular weight is 196 g/mol. The fourth-order valence-electron chi connectivity index (χ4n) is 1.54. The highest BCUT2D eigenvalue weighted by molar-refractivity contribution is 5.25. The van der Waals surface area contributed by atoms with E-state index in [1.54, 1.807) is 0 Å². The van der Waals surface area contributed by atoms with Crippen molar-refractivity contribution in [3.63, 3.8) is 0 Å². The number of hydrogen-bond donors (Lipinski definition) is 1. The fraction of sp³-hybridized carbons (Fsp3) is 0.778. The maximum Gasteiger partial charge on any atom is 0.318 e. The van der Waals surface area contributed by atoms with Gasteiger partial charge in [0.25, 0.3) is 0 Å². The first-order chi connectivity index (χ1) is 6.72. The molecule has 5 heteroatoms. The monoisotopic (exact) mass is 196 g/mol. The molecule has 78 valence electrons. The van der Waals surface area contributed by atoms with Crippen LogP contribution < -0.4 is 10.6 Å². The van der Waals surface area contributed by atoms with Crippen LogP contribution in [-0.2, 0) is 6.54 Å². The van der Waals surface area contributed by atoms with E-state index in [1.807, 2.05) is 11.9 Å². The predicted octanol–water partition coefficient (Wildman–Crippen LogP) is 0.763. The van der Waals surface area contributed by atoms with Crippen LogP contribution in [0.15, 0.2) is 4.42 Å². The number of anilines is 1. The molecule has 1 unspecified atom stereocenters. The topological polar surface area (TPSA) is 68.2 Å². The van der Waals surface area contributed by atoms with Gasteiger partial charge in [0, 0.05) is 13.1 Å². The van der Waals surface area contributed by atoms with Crippen LogP contribution in [0.3, 0.4) is 0 Å². The summed E-state index contributed by atoms with van der Waals surface area (Å²) in [5.74, 6) is 1.28. The highest BCUT2D eigenvalue weighted by Crippen LogP contribution is 2.35. The largest absolute Gasteiger partial charge is 0.407 e. The van der Waals surface area contributed by atoms with Gasteiger partial charge in [0.2, 0.25) is 5.89 Å². The average Bonchev–Trinajstić information content (AvgIpc) is 2.94. The molecule has 0 saturated heterocycles. The third-order valence-electron chi connectivity index (χ3n) is 2.85. The van der Waals surface area contributed by atoms with Crippen molar-refractivity contribution in [2.75, 3.05) is 11.9 Å². The molecule has 1 aliphatic carbocycles. The van der Waals surface area contributed by atoms with Crippen LogP contribution >= 0.6 is 0 Å². The van der Waals surface area contributed by atoms with Crippen molar-refractivity contribution in [2.24, 2.45) is 11.7 Å². The van der Waals surface area contributed by atoms with Crippen LogP contribution in [0.1, 0.15) is 25.7 Å². The molecule has 1 atom stereocenters. The van der Waals surface area contributed by atoms with Gasteiger partial charge in [-0.05, 0) is 25.7 Å². The molecule has 0 bridgehead atoms. The summed E-state index contributed by atoms with van der Waals surface area (Å²) in [7, 11) is 1.98. The van der Waals surface area contributed by atoms with Crippen LogP contribution in [0.25, 0.3) is 0 Å². The molecule has 1 heterocycles. The Morgan fingerprint density at radius 2 is 2.29 bits per heavy atom. The van der Waals surface area contributed by atoms with Gasteiger partial charge in [-0.15, -0.1) is 5.10 Å². The van der Waals surface area contributed by atoms with E-state index in [2.05, 4.69) is 17.1 Å². The summed E-state index contributed by atoms with van der Waals surface area (Å²) in [5, 5.41) is 7.78. The van der Waals surface area contributed by atoms with Crippen molar-refractivity contribution < 1.29 is 4.42 Å². The summed E-state index contributed by atoms with van der Waals surface area (Å²) in [6, 6.07) is 1.05. The van der Waals surface area contributed by atoms with E-state index in [0.29, 0.717) is 24.5 Å².